The van der Waals surface area contributed by atoms with Crippen molar-refractivity contribution < 1.29 is 9.53 Å². The van der Waals surface area contributed by atoms with Crippen molar-refractivity contribution in [2.75, 3.05) is 56.7 Å². The first-order valence-electron chi connectivity index (χ1n) is 7.19. The van der Waals surface area contributed by atoms with Crippen LogP contribution >= 0.6 is 0 Å². The highest BCUT2D eigenvalue weighted by Gasteiger charge is 2.20. The van der Waals surface area contributed by atoms with E-state index in [0.29, 0.717) is 13.2 Å². The van der Waals surface area contributed by atoms with Gasteiger partial charge in [0.25, 0.3) is 0 Å². The summed E-state index contributed by atoms with van der Waals surface area (Å²) in [6, 6.07) is 1.92. The maximum absolute atomic E-state index is 11.4. The highest BCUT2D eigenvalue weighted by atomic mass is 16.5. The Morgan fingerprint density at radius 2 is 2.05 bits per heavy atom. The van der Waals surface area contributed by atoms with Crippen molar-refractivity contribution >= 4 is 17.7 Å². The largest absolute Gasteiger partial charge is 0.383 e. The zero-order valence-corrected chi connectivity index (χ0v) is 12.9. The number of rotatable bonds is 5. The molecule has 0 saturated carbocycles. The molecule has 0 unspecified atom stereocenters. The summed E-state index contributed by atoms with van der Waals surface area (Å²) >= 11 is 0. The fourth-order valence-electron chi connectivity index (χ4n) is 2.29. The minimum absolute atomic E-state index is 0.127. The molecule has 1 saturated heterocycles. The number of aromatic nitrogens is 2. The van der Waals surface area contributed by atoms with Gasteiger partial charge in [0.05, 0.1) is 6.61 Å². The Labute approximate surface area is 125 Å². The van der Waals surface area contributed by atoms with Crippen molar-refractivity contribution in [3.8, 4) is 0 Å². The van der Waals surface area contributed by atoms with Gasteiger partial charge in [-0.15, -0.1) is 0 Å². The van der Waals surface area contributed by atoms with Gasteiger partial charge in [0.1, 0.15) is 5.82 Å². The molecule has 0 spiro atoms. The summed E-state index contributed by atoms with van der Waals surface area (Å²) in [5, 5.41) is 3.23. The van der Waals surface area contributed by atoms with Crippen LogP contribution in [-0.4, -0.2) is 67.2 Å². The molecule has 7 nitrogen and oxygen atoms in total. The van der Waals surface area contributed by atoms with E-state index in [1.165, 1.54) is 0 Å². The van der Waals surface area contributed by atoms with Crippen LogP contribution in [0, 0.1) is 6.92 Å². The van der Waals surface area contributed by atoms with Crippen LogP contribution in [-0.2, 0) is 9.53 Å². The van der Waals surface area contributed by atoms with Crippen LogP contribution in [0.25, 0.3) is 0 Å². The van der Waals surface area contributed by atoms with Gasteiger partial charge in [-0.1, -0.05) is 0 Å². The zero-order valence-electron chi connectivity index (χ0n) is 12.9. The number of hydrogen-bond acceptors (Lipinski definition) is 6. The first-order valence-corrected chi connectivity index (χ1v) is 7.19. The van der Waals surface area contributed by atoms with Crippen LogP contribution < -0.4 is 10.2 Å². The topological polar surface area (TPSA) is 70.6 Å². The SMILES string of the molecule is COCCNc1cc(C)nc(N2CCN(C(C)=O)CC2)n1. The van der Waals surface area contributed by atoms with E-state index in [-0.39, 0.29) is 5.91 Å². The number of methoxy groups -OCH3 is 1. The van der Waals surface area contributed by atoms with Gasteiger partial charge in [-0.05, 0) is 6.92 Å². The summed E-state index contributed by atoms with van der Waals surface area (Å²) in [4.78, 5) is 24.4. The first-order chi connectivity index (χ1) is 10.1. The highest BCUT2D eigenvalue weighted by Crippen LogP contribution is 2.15. The van der Waals surface area contributed by atoms with Crippen molar-refractivity contribution in [2.24, 2.45) is 0 Å². The number of carbonyl (C=O) groups is 1. The van der Waals surface area contributed by atoms with Crippen molar-refractivity contribution in [3.63, 3.8) is 0 Å². The number of amides is 1. The summed E-state index contributed by atoms with van der Waals surface area (Å²) in [6.45, 7) is 7.88. The second-order valence-corrected chi connectivity index (χ2v) is 5.11. The summed E-state index contributed by atoms with van der Waals surface area (Å²) in [5.41, 5.74) is 0.925. The van der Waals surface area contributed by atoms with E-state index in [2.05, 4.69) is 20.2 Å². The number of nitrogens with zero attached hydrogens (tertiary/aromatic N) is 4. The fraction of sp³-hybridized carbons (Fsp3) is 0.643. The lowest BCUT2D eigenvalue weighted by Gasteiger charge is -2.34. The predicted molar refractivity (Wildman–Crippen MR) is 81.6 cm³/mol. The van der Waals surface area contributed by atoms with E-state index in [4.69, 9.17) is 4.74 Å². The third-order valence-corrected chi connectivity index (χ3v) is 3.46. The third kappa shape index (κ3) is 4.29. The summed E-state index contributed by atoms with van der Waals surface area (Å²) < 4.78 is 5.02. The van der Waals surface area contributed by atoms with Crippen LogP contribution in [0.4, 0.5) is 11.8 Å². The average molecular weight is 293 g/mol. The van der Waals surface area contributed by atoms with Crippen LogP contribution in [0.1, 0.15) is 12.6 Å². The van der Waals surface area contributed by atoms with Gasteiger partial charge in [0.15, 0.2) is 0 Å². The number of aryl methyl sites for hydroxylation is 1. The summed E-state index contributed by atoms with van der Waals surface area (Å²) in [7, 11) is 1.67. The van der Waals surface area contributed by atoms with Crippen LogP contribution in [0.5, 0.6) is 0 Å². The predicted octanol–water partition coefficient (Wildman–Crippen LogP) is 0.512. The van der Waals surface area contributed by atoms with Gasteiger partial charge in [0, 0.05) is 58.5 Å². The molecule has 7 heteroatoms. The van der Waals surface area contributed by atoms with Gasteiger partial charge < -0.3 is 19.9 Å². The van der Waals surface area contributed by atoms with Crippen LogP contribution in [0.15, 0.2) is 6.07 Å². The molecule has 0 radical (unpaired) electrons. The standard InChI is InChI=1S/C14H23N5O2/c1-11-10-13(15-4-9-21-3)17-14(16-11)19-7-5-18(6-8-19)12(2)20/h10H,4-9H2,1-3H3,(H,15,16,17). The Hall–Kier alpha value is -1.89. The Balaban J connectivity index is 2.01. The highest BCUT2D eigenvalue weighted by molar-refractivity contribution is 5.73. The second-order valence-electron chi connectivity index (χ2n) is 5.11. The Kier molecular flexibility index (Phi) is 5.32. The molecule has 0 bridgehead atoms. The van der Waals surface area contributed by atoms with Crippen LogP contribution in [0.3, 0.4) is 0 Å². The second kappa shape index (κ2) is 7.21. The summed E-state index contributed by atoms with van der Waals surface area (Å²) in [5.74, 6) is 1.66. The van der Waals surface area contributed by atoms with Crippen molar-refractivity contribution in [2.45, 2.75) is 13.8 Å². The number of nitrogens with one attached hydrogen (secondary N) is 1. The lowest BCUT2D eigenvalue weighted by atomic mass is 10.3. The molecule has 1 N–H and O–H groups in total. The molecule has 1 fully saturated rings. The first kappa shape index (κ1) is 15.5. The molecule has 0 aromatic carbocycles. The normalized spacial score (nSPS) is 15.2. The summed E-state index contributed by atoms with van der Waals surface area (Å²) in [6.07, 6.45) is 0. The molecule has 0 atom stereocenters. The number of anilines is 2. The lowest BCUT2D eigenvalue weighted by Crippen LogP contribution is -2.48. The molecule has 1 aliphatic rings. The molecule has 21 heavy (non-hydrogen) atoms. The smallest absolute Gasteiger partial charge is 0.227 e. The molecule has 2 heterocycles. The number of ether oxygens (including phenoxy) is 1. The zero-order chi connectivity index (χ0) is 15.2. The van der Waals surface area contributed by atoms with Gasteiger partial charge in [-0.3, -0.25) is 4.79 Å². The quantitative estimate of drug-likeness (QED) is 0.798. The van der Waals surface area contributed by atoms with E-state index < -0.39 is 0 Å². The monoisotopic (exact) mass is 293 g/mol. The molecule has 1 aromatic rings. The number of carbonyl (C=O) groups excluding carboxylic acids is 1. The fourth-order valence-corrected chi connectivity index (χ4v) is 2.29. The van der Waals surface area contributed by atoms with E-state index in [0.717, 1.165) is 43.6 Å². The Morgan fingerprint density at radius 3 is 2.67 bits per heavy atom. The Bertz CT molecular complexity index is 486. The van der Waals surface area contributed by atoms with Gasteiger partial charge in [0.2, 0.25) is 11.9 Å². The molecule has 1 aromatic heterocycles. The van der Waals surface area contributed by atoms with Crippen molar-refractivity contribution in [1.29, 1.82) is 0 Å². The minimum Gasteiger partial charge on any atom is -0.383 e. The molecule has 0 aliphatic carbocycles. The minimum atomic E-state index is 0.127. The number of piperazine rings is 1. The van der Waals surface area contributed by atoms with E-state index in [1.807, 2.05) is 17.9 Å². The van der Waals surface area contributed by atoms with Crippen molar-refractivity contribution in [1.82, 2.24) is 14.9 Å². The van der Waals surface area contributed by atoms with E-state index in [1.54, 1.807) is 14.0 Å². The molecule has 2 rings (SSSR count). The van der Waals surface area contributed by atoms with Gasteiger partial charge in [-0.25, -0.2) is 4.98 Å². The molecule has 1 amide bonds. The van der Waals surface area contributed by atoms with E-state index in [9.17, 15) is 4.79 Å². The van der Waals surface area contributed by atoms with Gasteiger partial charge in [-0.2, -0.15) is 4.98 Å². The lowest BCUT2D eigenvalue weighted by molar-refractivity contribution is -0.129. The van der Waals surface area contributed by atoms with Gasteiger partial charge >= 0.3 is 0 Å². The maximum Gasteiger partial charge on any atom is 0.227 e. The van der Waals surface area contributed by atoms with E-state index >= 15 is 0 Å². The Morgan fingerprint density at radius 1 is 1.33 bits per heavy atom. The molecule has 1 aliphatic heterocycles. The maximum atomic E-state index is 11.4. The molecular weight excluding hydrogens is 270 g/mol. The number of hydrogen-bond donors (Lipinski definition) is 1. The molecule has 116 valence electrons. The average Bonchev–Trinajstić information content (AvgIpc) is 2.47. The third-order valence-electron chi connectivity index (χ3n) is 3.46. The van der Waals surface area contributed by atoms with Crippen molar-refractivity contribution in [3.05, 3.63) is 11.8 Å². The van der Waals surface area contributed by atoms with Crippen LogP contribution in [0.2, 0.25) is 0 Å². The molecular formula is C14H23N5O2.